The highest BCUT2D eigenvalue weighted by Crippen LogP contribution is 2.39. The van der Waals surface area contributed by atoms with E-state index in [2.05, 4.69) is 0 Å². The Kier molecular flexibility index (Phi) is 3.30. The lowest BCUT2D eigenvalue weighted by Gasteiger charge is -2.33. The smallest absolute Gasteiger partial charge is 0.239 e. The molecule has 0 heterocycles. The number of nitrogens with zero attached hydrogens (tertiary/aromatic N) is 1. The molecular weight excluding hydrogens is 226 g/mol. The van der Waals surface area contributed by atoms with Crippen molar-refractivity contribution in [3.63, 3.8) is 0 Å². The summed E-state index contributed by atoms with van der Waals surface area (Å²) in [7, 11) is 1.95. The summed E-state index contributed by atoms with van der Waals surface area (Å²) in [6.45, 7) is 2.52. The van der Waals surface area contributed by atoms with Crippen molar-refractivity contribution in [3.05, 3.63) is 29.8 Å². The molecule has 4 nitrogen and oxygen atoms in total. The maximum atomic E-state index is 11.6. The van der Waals surface area contributed by atoms with E-state index in [0.717, 1.165) is 18.5 Å². The van der Waals surface area contributed by atoms with Gasteiger partial charge < -0.3 is 16.4 Å². The quantitative estimate of drug-likeness (QED) is 0.816. The summed E-state index contributed by atoms with van der Waals surface area (Å²) >= 11 is 0. The van der Waals surface area contributed by atoms with Gasteiger partial charge in [0.15, 0.2) is 0 Å². The molecule has 1 amide bonds. The Balaban J connectivity index is 2.17. The molecule has 0 spiro atoms. The van der Waals surface area contributed by atoms with E-state index >= 15 is 0 Å². The van der Waals surface area contributed by atoms with Crippen molar-refractivity contribution < 1.29 is 4.79 Å². The first kappa shape index (κ1) is 12.9. The molecular formula is C14H21N3O. The Labute approximate surface area is 108 Å². The number of carbonyl (C=O) groups excluding carboxylic acids is 1. The first-order chi connectivity index (χ1) is 8.45. The van der Waals surface area contributed by atoms with Crippen LogP contribution >= 0.6 is 0 Å². The van der Waals surface area contributed by atoms with E-state index in [-0.39, 0.29) is 5.92 Å². The number of nitrogens with two attached hydrogens (primary N) is 2. The maximum Gasteiger partial charge on any atom is 0.239 e. The van der Waals surface area contributed by atoms with Crippen LogP contribution in [0, 0.1) is 12.8 Å². The Morgan fingerprint density at radius 1 is 1.44 bits per heavy atom. The Bertz CT molecular complexity index is 456. The van der Waals surface area contributed by atoms with Gasteiger partial charge in [-0.1, -0.05) is 18.2 Å². The van der Waals surface area contributed by atoms with Gasteiger partial charge in [-0.15, -0.1) is 0 Å². The standard InChI is InChI=1S/C14H21N3O/c1-10-5-3-4-6-12(10)17(2)9-14(16,13(15)18)11-7-8-11/h3-6,11H,7-9,16H2,1-2H3,(H2,15,18). The molecule has 1 aromatic carbocycles. The van der Waals surface area contributed by atoms with Gasteiger partial charge in [0.2, 0.25) is 5.91 Å². The molecule has 4 N–H and O–H groups in total. The van der Waals surface area contributed by atoms with Crippen molar-refractivity contribution in [1.29, 1.82) is 0 Å². The molecule has 98 valence electrons. The van der Waals surface area contributed by atoms with E-state index in [1.54, 1.807) is 0 Å². The summed E-state index contributed by atoms with van der Waals surface area (Å²) < 4.78 is 0. The van der Waals surface area contributed by atoms with Gasteiger partial charge in [0.1, 0.15) is 5.54 Å². The molecule has 1 fully saturated rings. The topological polar surface area (TPSA) is 72.3 Å². The SMILES string of the molecule is Cc1ccccc1N(C)CC(N)(C(N)=O)C1CC1. The first-order valence-corrected chi connectivity index (χ1v) is 6.30. The van der Waals surface area contributed by atoms with Gasteiger partial charge in [0.25, 0.3) is 0 Å². The monoisotopic (exact) mass is 247 g/mol. The van der Waals surface area contributed by atoms with E-state index < -0.39 is 11.4 Å². The predicted molar refractivity (Wildman–Crippen MR) is 73.3 cm³/mol. The van der Waals surface area contributed by atoms with Crippen LogP contribution in [0.15, 0.2) is 24.3 Å². The molecule has 1 atom stereocenters. The maximum absolute atomic E-state index is 11.6. The third kappa shape index (κ3) is 2.34. The van der Waals surface area contributed by atoms with Crippen molar-refractivity contribution in [2.24, 2.45) is 17.4 Å². The van der Waals surface area contributed by atoms with Crippen LogP contribution in [0.2, 0.25) is 0 Å². The lowest BCUT2D eigenvalue weighted by Crippen LogP contribution is -2.60. The van der Waals surface area contributed by atoms with Gasteiger partial charge in [-0.2, -0.15) is 0 Å². The largest absolute Gasteiger partial charge is 0.372 e. The number of hydrogen-bond donors (Lipinski definition) is 2. The Hall–Kier alpha value is -1.55. The normalized spacial score (nSPS) is 18.2. The Morgan fingerprint density at radius 3 is 2.56 bits per heavy atom. The minimum atomic E-state index is -0.906. The van der Waals surface area contributed by atoms with E-state index in [1.807, 2.05) is 43.1 Å². The molecule has 0 radical (unpaired) electrons. The molecule has 0 aromatic heterocycles. The van der Waals surface area contributed by atoms with Gasteiger partial charge in [-0.05, 0) is 37.3 Å². The molecule has 1 unspecified atom stereocenters. The molecule has 0 saturated heterocycles. The summed E-state index contributed by atoms with van der Waals surface area (Å²) in [5, 5.41) is 0. The van der Waals surface area contributed by atoms with Crippen LogP contribution < -0.4 is 16.4 Å². The number of primary amides is 1. The van der Waals surface area contributed by atoms with Crippen LogP contribution in [0.25, 0.3) is 0 Å². The van der Waals surface area contributed by atoms with Crippen molar-refractivity contribution >= 4 is 11.6 Å². The highest BCUT2D eigenvalue weighted by Gasteiger charge is 2.47. The summed E-state index contributed by atoms with van der Waals surface area (Å²) in [6.07, 6.45) is 2.00. The van der Waals surface area contributed by atoms with Crippen molar-refractivity contribution in [2.75, 3.05) is 18.5 Å². The van der Waals surface area contributed by atoms with Crippen LogP contribution in [0.4, 0.5) is 5.69 Å². The number of hydrogen-bond acceptors (Lipinski definition) is 3. The molecule has 1 aromatic rings. The second-order valence-corrected chi connectivity index (χ2v) is 5.32. The lowest BCUT2D eigenvalue weighted by atomic mass is 9.92. The fraction of sp³-hybridized carbons (Fsp3) is 0.500. The van der Waals surface area contributed by atoms with Gasteiger partial charge in [-0.25, -0.2) is 0 Å². The molecule has 1 aliphatic carbocycles. The van der Waals surface area contributed by atoms with Gasteiger partial charge in [0, 0.05) is 19.3 Å². The molecule has 18 heavy (non-hydrogen) atoms. The van der Waals surface area contributed by atoms with Crippen molar-refractivity contribution in [1.82, 2.24) is 0 Å². The van der Waals surface area contributed by atoms with Crippen LogP contribution in [-0.4, -0.2) is 25.0 Å². The third-order valence-electron chi connectivity index (χ3n) is 3.79. The molecule has 0 aliphatic heterocycles. The van der Waals surface area contributed by atoms with Gasteiger partial charge >= 0.3 is 0 Å². The highest BCUT2D eigenvalue weighted by molar-refractivity contribution is 5.86. The average Bonchev–Trinajstić information content (AvgIpc) is 3.13. The zero-order valence-electron chi connectivity index (χ0n) is 11.0. The van der Waals surface area contributed by atoms with E-state index in [4.69, 9.17) is 11.5 Å². The molecule has 4 heteroatoms. The van der Waals surface area contributed by atoms with Crippen LogP contribution in [0.5, 0.6) is 0 Å². The summed E-state index contributed by atoms with van der Waals surface area (Å²) in [5.41, 5.74) is 13.1. The van der Waals surface area contributed by atoms with Crippen molar-refractivity contribution in [2.45, 2.75) is 25.3 Å². The number of aryl methyl sites for hydroxylation is 1. The zero-order valence-corrected chi connectivity index (χ0v) is 11.0. The fourth-order valence-electron chi connectivity index (χ4n) is 2.48. The van der Waals surface area contributed by atoms with Crippen LogP contribution in [-0.2, 0) is 4.79 Å². The highest BCUT2D eigenvalue weighted by atomic mass is 16.1. The fourth-order valence-corrected chi connectivity index (χ4v) is 2.48. The third-order valence-corrected chi connectivity index (χ3v) is 3.79. The molecule has 1 saturated carbocycles. The summed E-state index contributed by atoms with van der Waals surface area (Å²) in [6, 6.07) is 8.06. The first-order valence-electron chi connectivity index (χ1n) is 6.30. The number of benzene rings is 1. The minimum Gasteiger partial charge on any atom is -0.372 e. The van der Waals surface area contributed by atoms with Crippen LogP contribution in [0.1, 0.15) is 18.4 Å². The predicted octanol–water partition coefficient (Wildman–Crippen LogP) is 1.02. The second-order valence-electron chi connectivity index (χ2n) is 5.32. The minimum absolute atomic E-state index is 0.237. The number of anilines is 1. The number of para-hydroxylation sites is 1. The second kappa shape index (κ2) is 4.61. The number of rotatable bonds is 5. The zero-order chi connectivity index (χ0) is 13.3. The van der Waals surface area contributed by atoms with Gasteiger partial charge in [0.05, 0.1) is 0 Å². The van der Waals surface area contributed by atoms with Gasteiger partial charge in [-0.3, -0.25) is 4.79 Å². The van der Waals surface area contributed by atoms with E-state index in [1.165, 1.54) is 5.56 Å². The summed E-state index contributed by atoms with van der Waals surface area (Å²) in [5.74, 6) is -0.160. The lowest BCUT2D eigenvalue weighted by molar-refractivity contribution is -0.123. The molecule has 0 bridgehead atoms. The average molecular weight is 247 g/mol. The van der Waals surface area contributed by atoms with E-state index in [9.17, 15) is 4.79 Å². The van der Waals surface area contributed by atoms with Crippen molar-refractivity contribution in [3.8, 4) is 0 Å². The number of carbonyl (C=O) groups is 1. The number of amides is 1. The number of likely N-dealkylation sites (N-methyl/N-ethyl adjacent to an activating group) is 1. The summed E-state index contributed by atoms with van der Waals surface area (Å²) in [4.78, 5) is 13.7. The van der Waals surface area contributed by atoms with Crippen LogP contribution in [0.3, 0.4) is 0 Å². The van der Waals surface area contributed by atoms with E-state index in [0.29, 0.717) is 6.54 Å². The molecule has 1 aliphatic rings. The molecule has 2 rings (SSSR count). The Morgan fingerprint density at radius 2 is 2.06 bits per heavy atom.